The maximum absolute atomic E-state index is 13.8. The van der Waals surface area contributed by atoms with Crippen LogP contribution in [0, 0.1) is 6.92 Å². The zero-order valence-electron chi connectivity index (χ0n) is 16.9. The van der Waals surface area contributed by atoms with Gasteiger partial charge in [0.05, 0.1) is 11.1 Å². The number of fused-ring (bicyclic) bond motifs is 1. The van der Waals surface area contributed by atoms with Gasteiger partial charge < -0.3 is 4.74 Å². The smallest absolute Gasteiger partial charge is 0.418 e. The van der Waals surface area contributed by atoms with E-state index in [9.17, 15) is 13.2 Å². The highest BCUT2D eigenvalue weighted by molar-refractivity contribution is 5.97. The summed E-state index contributed by atoms with van der Waals surface area (Å²) in [7, 11) is 0. The van der Waals surface area contributed by atoms with Gasteiger partial charge in [-0.2, -0.15) is 18.3 Å². The minimum Gasteiger partial charge on any atom is -0.459 e. The summed E-state index contributed by atoms with van der Waals surface area (Å²) in [4.78, 5) is 4.30. The number of alkyl halides is 3. The lowest BCUT2D eigenvalue weighted by Crippen LogP contribution is -2.30. The summed E-state index contributed by atoms with van der Waals surface area (Å²) in [6.07, 6.45) is 1.89. The van der Waals surface area contributed by atoms with Gasteiger partial charge in [-0.05, 0) is 67.9 Å². The van der Waals surface area contributed by atoms with E-state index >= 15 is 0 Å². The van der Waals surface area contributed by atoms with E-state index in [-0.39, 0.29) is 29.8 Å². The number of nitrogens with zero attached hydrogens (tertiary/aromatic N) is 3. The van der Waals surface area contributed by atoms with E-state index in [1.54, 1.807) is 13.0 Å². The van der Waals surface area contributed by atoms with E-state index in [4.69, 9.17) is 4.74 Å². The van der Waals surface area contributed by atoms with Crippen molar-refractivity contribution in [2.75, 3.05) is 6.73 Å². The van der Waals surface area contributed by atoms with E-state index in [0.717, 1.165) is 31.2 Å². The number of aryl methyl sites for hydroxylation is 1. The molecular formula is C22H25F3N4O. The van der Waals surface area contributed by atoms with Gasteiger partial charge in [-0.3, -0.25) is 5.32 Å². The highest BCUT2D eigenvalue weighted by Gasteiger charge is 2.36. The van der Waals surface area contributed by atoms with Crippen LogP contribution in [0.25, 0.3) is 10.9 Å². The Bertz CT molecular complexity index is 976. The first kappa shape index (κ1) is 20.8. The number of benzene rings is 1. The van der Waals surface area contributed by atoms with E-state index in [1.165, 1.54) is 18.9 Å². The predicted molar refractivity (Wildman–Crippen MR) is 111 cm³/mol. The van der Waals surface area contributed by atoms with Crippen LogP contribution < -0.4 is 5.32 Å². The molecule has 0 radical (unpaired) electrons. The van der Waals surface area contributed by atoms with Crippen molar-refractivity contribution < 1.29 is 17.9 Å². The van der Waals surface area contributed by atoms with Crippen LogP contribution in [0.1, 0.15) is 66.8 Å². The molecule has 8 heteroatoms. The second kappa shape index (κ2) is 8.34. The summed E-state index contributed by atoms with van der Waals surface area (Å²) in [6.45, 7) is 5.31. The van der Waals surface area contributed by atoms with Gasteiger partial charge in [0.1, 0.15) is 12.4 Å². The average Bonchev–Trinajstić information content (AvgIpc) is 3.42. The van der Waals surface area contributed by atoms with Gasteiger partial charge in [0.15, 0.2) is 0 Å². The standard InChI is InChI=1S/C22H25F3N4O/c1-13-9-19(21(29-26-2)30-12-27-16-5-3-4-6-16)28-20-17(13)10-15(14-7-8-14)11-18(20)22(23,24)25/h9-11,14,16,27H,2-8,12H2,1H3/b29-21-. The van der Waals surface area contributed by atoms with Crippen LogP contribution in [0.15, 0.2) is 28.4 Å². The Hall–Kier alpha value is -2.48. The molecule has 0 atom stereocenters. The first-order valence-corrected chi connectivity index (χ1v) is 10.3. The molecule has 1 heterocycles. The predicted octanol–water partition coefficient (Wildman–Crippen LogP) is 5.31. The van der Waals surface area contributed by atoms with Crippen LogP contribution >= 0.6 is 0 Å². The third-order valence-electron chi connectivity index (χ3n) is 5.81. The number of aromatic nitrogens is 1. The molecule has 1 N–H and O–H groups in total. The van der Waals surface area contributed by atoms with Crippen molar-refractivity contribution in [1.82, 2.24) is 10.3 Å². The van der Waals surface area contributed by atoms with Crippen LogP contribution in [0.5, 0.6) is 0 Å². The minimum atomic E-state index is -4.50. The first-order valence-electron chi connectivity index (χ1n) is 10.3. The SMILES string of the molecule is C=N/N=C(\OCNC1CCCC1)c1cc(C)c2cc(C3CC3)cc(C(F)(F)F)c2n1. The molecule has 2 aromatic rings. The van der Waals surface area contributed by atoms with Crippen molar-refractivity contribution in [1.29, 1.82) is 0 Å². The number of ether oxygens (including phenoxy) is 1. The highest BCUT2D eigenvalue weighted by Crippen LogP contribution is 2.44. The monoisotopic (exact) mass is 418 g/mol. The third kappa shape index (κ3) is 4.48. The molecule has 0 aliphatic heterocycles. The molecule has 2 aliphatic carbocycles. The van der Waals surface area contributed by atoms with Crippen LogP contribution in [0.2, 0.25) is 0 Å². The van der Waals surface area contributed by atoms with Crippen molar-refractivity contribution in [3.63, 3.8) is 0 Å². The summed E-state index contributed by atoms with van der Waals surface area (Å²) in [6, 6.07) is 5.14. The van der Waals surface area contributed by atoms with Crippen LogP contribution in [0.4, 0.5) is 13.2 Å². The molecule has 2 saturated carbocycles. The zero-order valence-corrected chi connectivity index (χ0v) is 16.9. The number of halogens is 3. The van der Waals surface area contributed by atoms with Gasteiger partial charge in [-0.1, -0.05) is 12.8 Å². The Morgan fingerprint density at radius 3 is 2.57 bits per heavy atom. The topological polar surface area (TPSA) is 58.9 Å². The highest BCUT2D eigenvalue weighted by atomic mass is 19.4. The number of hydrogen-bond acceptors (Lipinski definition) is 5. The number of rotatable bonds is 6. The molecule has 1 aromatic heterocycles. The molecule has 1 aromatic carbocycles. The lowest BCUT2D eigenvalue weighted by molar-refractivity contribution is -0.136. The van der Waals surface area contributed by atoms with Gasteiger partial charge in [0.25, 0.3) is 5.90 Å². The average molecular weight is 418 g/mol. The van der Waals surface area contributed by atoms with Crippen molar-refractivity contribution >= 4 is 23.5 Å². The Balaban J connectivity index is 1.69. The Labute approximate surface area is 173 Å². The quantitative estimate of drug-likeness (QED) is 0.299. The Morgan fingerprint density at radius 1 is 1.20 bits per heavy atom. The molecule has 30 heavy (non-hydrogen) atoms. The minimum absolute atomic E-state index is 0.0555. The number of pyridine rings is 1. The molecule has 0 unspecified atom stereocenters. The molecular weight excluding hydrogens is 393 g/mol. The molecule has 2 fully saturated rings. The molecule has 4 rings (SSSR count). The third-order valence-corrected chi connectivity index (χ3v) is 5.81. The first-order chi connectivity index (χ1) is 14.4. The van der Waals surface area contributed by atoms with Crippen LogP contribution in [-0.2, 0) is 10.9 Å². The fourth-order valence-electron chi connectivity index (χ4n) is 4.07. The fraction of sp³-hybridized carbons (Fsp3) is 0.500. The normalized spacial score (nSPS) is 18.2. The summed E-state index contributed by atoms with van der Waals surface area (Å²) >= 11 is 0. The van der Waals surface area contributed by atoms with Gasteiger partial charge in [-0.25, -0.2) is 4.98 Å². The molecule has 0 spiro atoms. The van der Waals surface area contributed by atoms with Crippen molar-refractivity contribution in [2.45, 2.75) is 63.6 Å². The molecule has 0 saturated heterocycles. The van der Waals surface area contributed by atoms with Gasteiger partial charge in [0.2, 0.25) is 0 Å². The summed E-state index contributed by atoms with van der Waals surface area (Å²) in [5.74, 6) is 0.265. The Kier molecular flexibility index (Phi) is 5.77. The summed E-state index contributed by atoms with van der Waals surface area (Å²) < 4.78 is 47.2. The molecule has 0 bridgehead atoms. The maximum Gasteiger partial charge on any atom is 0.418 e. The van der Waals surface area contributed by atoms with Crippen LogP contribution in [-0.4, -0.2) is 30.4 Å². The molecule has 160 valence electrons. The lowest BCUT2D eigenvalue weighted by Gasteiger charge is -2.16. The van der Waals surface area contributed by atoms with E-state index in [1.807, 2.05) is 6.07 Å². The van der Waals surface area contributed by atoms with Gasteiger partial charge >= 0.3 is 6.18 Å². The van der Waals surface area contributed by atoms with Crippen molar-refractivity contribution in [3.05, 3.63) is 40.6 Å². The second-order valence-corrected chi connectivity index (χ2v) is 8.08. The van der Waals surface area contributed by atoms with E-state index in [2.05, 4.69) is 27.2 Å². The number of hydrogen-bond donors (Lipinski definition) is 1. The summed E-state index contributed by atoms with van der Waals surface area (Å²) in [5.41, 5.74) is 0.816. The molecule has 5 nitrogen and oxygen atoms in total. The second-order valence-electron chi connectivity index (χ2n) is 8.08. The van der Waals surface area contributed by atoms with Crippen LogP contribution in [0.3, 0.4) is 0 Å². The van der Waals surface area contributed by atoms with Crippen molar-refractivity contribution in [3.8, 4) is 0 Å². The van der Waals surface area contributed by atoms with E-state index < -0.39 is 11.7 Å². The number of nitrogens with one attached hydrogen (secondary N) is 1. The van der Waals surface area contributed by atoms with Crippen molar-refractivity contribution in [2.24, 2.45) is 10.2 Å². The Morgan fingerprint density at radius 2 is 1.93 bits per heavy atom. The molecule has 2 aliphatic rings. The largest absolute Gasteiger partial charge is 0.459 e. The van der Waals surface area contributed by atoms with Gasteiger partial charge in [-0.15, -0.1) is 5.10 Å². The fourth-order valence-corrected chi connectivity index (χ4v) is 4.07. The van der Waals surface area contributed by atoms with E-state index in [0.29, 0.717) is 17.0 Å². The molecule has 0 amide bonds. The maximum atomic E-state index is 13.8. The lowest BCUT2D eigenvalue weighted by atomic mass is 9.98. The zero-order chi connectivity index (χ0) is 21.3. The summed E-state index contributed by atoms with van der Waals surface area (Å²) in [5, 5.41) is 11.2. The van der Waals surface area contributed by atoms with Gasteiger partial charge in [0, 0.05) is 18.1 Å².